The van der Waals surface area contributed by atoms with Crippen LogP contribution in [0.4, 0.5) is 0 Å². The highest BCUT2D eigenvalue weighted by Gasteiger charge is 2.35. The predicted molar refractivity (Wildman–Crippen MR) is 74.9 cm³/mol. The first-order valence-electron chi connectivity index (χ1n) is 6.56. The van der Waals surface area contributed by atoms with E-state index in [0.29, 0.717) is 23.6 Å². The molecule has 1 aromatic rings. The van der Waals surface area contributed by atoms with Crippen molar-refractivity contribution in [3.63, 3.8) is 0 Å². The zero-order chi connectivity index (χ0) is 14.2. The van der Waals surface area contributed by atoms with E-state index < -0.39 is 10.0 Å². The largest absolute Gasteiger partial charge is 0.465 e. The zero-order valence-electron chi connectivity index (χ0n) is 11.6. The van der Waals surface area contributed by atoms with E-state index in [2.05, 4.69) is 0 Å². The molecule has 0 aromatic carbocycles. The fourth-order valence-electron chi connectivity index (χ4n) is 2.75. The molecule has 0 bridgehead atoms. The van der Waals surface area contributed by atoms with Gasteiger partial charge in [-0.25, -0.2) is 8.42 Å². The van der Waals surface area contributed by atoms with Crippen LogP contribution in [-0.2, 0) is 15.9 Å². The van der Waals surface area contributed by atoms with Crippen LogP contribution in [0.15, 0.2) is 9.31 Å². The second kappa shape index (κ2) is 5.46. The molecule has 1 fully saturated rings. The first-order valence-corrected chi connectivity index (χ1v) is 8.53. The molecule has 2 heterocycles. The van der Waals surface area contributed by atoms with Gasteiger partial charge in [0.1, 0.15) is 16.4 Å². The Hall–Kier alpha value is -0.520. The fourth-order valence-corrected chi connectivity index (χ4v) is 5.26. The van der Waals surface area contributed by atoms with Gasteiger partial charge in [-0.05, 0) is 33.6 Å². The van der Waals surface area contributed by atoms with E-state index in [-0.39, 0.29) is 16.8 Å². The Kier molecular flexibility index (Phi) is 4.28. The van der Waals surface area contributed by atoms with Gasteiger partial charge in [-0.2, -0.15) is 4.31 Å². The molecule has 0 amide bonds. The average molecular weight is 306 g/mol. The summed E-state index contributed by atoms with van der Waals surface area (Å²) >= 11 is 5.89. The summed E-state index contributed by atoms with van der Waals surface area (Å²) in [5, 5.41) is 0. The zero-order valence-corrected chi connectivity index (χ0v) is 13.1. The molecule has 2 rings (SSSR count). The Morgan fingerprint density at radius 3 is 2.58 bits per heavy atom. The Morgan fingerprint density at radius 2 is 2.00 bits per heavy atom. The maximum absolute atomic E-state index is 12.8. The molecule has 0 N–H and O–H groups in total. The van der Waals surface area contributed by atoms with E-state index in [1.165, 1.54) is 0 Å². The Morgan fingerprint density at radius 1 is 1.32 bits per heavy atom. The molecule has 1 aromatic heterocycles. The molecular weight excluding hydrogens is 286 g/mol. The molecule has 1 aliphatic rings. The lowest BCUT2D eigenvalue weighted by atomic mass is 10.1. The van der Waals surface area contributed by atoms with Crippen LogP contribution in [-0.4, -0.2) is 25.3 Å². The smallest absolute Gasteiger partial charge is 0.247 e. The second-order valence-corrected chi connectivity index (χ2v) is 7.21. The Bertz CT molecular complexity index is 565. The van der Waals surface area contributed by atoms with Gasteiger partial charge in [0.25, 0.3) is 0 Å². The number of rotatable bonds is 3. The lowest BCUT2D eigenvalue weighted by Crippen LogP contribution is -2.42. The summed E-state index contributed by atoms with van der Waals surface area (Å²) in [6.45, 7) is 5.97. The van der Waals surface area contributed by atoms with Gasteiger partial charge < -0.3 is 4.42 Å². The molecule has 4 nitrogen and oxygen atoms in total. The van der Waals surface area contributed by atoms with Gasteiger partial charge in [0.2, 0.25) is 10.0 Å². The van der Waals surface area contributed by atoms with Crippen molar-refractivity contribution in [1.29, 1.82) is 0 Å². The standard InChI is InChI=1S/C13H20ClNO3S/c1-9-6-4-5-7-15(9)19(16,17)13-11(3)18-10(2)12(13)8-14/h9H,4-8H2,1-3H3. The third-order valence-corrected chi connectivity index (χ3v) is 6.24. The number of hydrogen-bond donors (Lipinski definition) is 0. The molecule has 0 radical (unpaired) electrons. The molecule has 1 aliphatic heterocycles. The van der Waals surface area contributed by atoms with Crippen LogP contribution in [0.2, 0.25) is 0 Å². The molecule has 1 unspecified atom stereocenters. The lowest BCUT2D eigenvalue weighted by molar-refractivity contribution is 0.268. The topological polar surface area (TPSA) is 50.5 Å². The molecule has 6 heteroatoms. The number of halogens is 1. The molecular formula is C13H20ClNO3S. The van der Waals surface area contributed by atoms with E-state index >= 15 is 0 Å². The van der Waals surface area contributed by atoms with E-state index in [0.717, 1.165) is 19.3 Å². The molecule has 0 saturated carbocycles. The van der Waals surface area contributed by atoms with Crippen LogP contribution in [0.25, 0.3) is 0 Å². The molecule has 0 aliphatic carbocycles. The summed E-state index contributed by atoms with van der Waals surface area (Å²) in [5.74, 6) is 1.18. The van der Waals surface area contributed by atoms with Crippen LogP contribution in [0, 0.1) is 13.8 Å². The number of sulfonamides is 1. The molecule has 19 heavy (non-hydrogen) atoms. The highest BCUT2D eigenvalue weighted by Crippen LogP contribution is 2.33. The van der Waals surface area contributed by atoms with Crippen LogP contribution in [0.1, 0.15) is 43.3 Å². The van der Waals surface area contributed by atoms with Crippen LogP contribution in [0.5, 0.6) is 0 Å². The minimum Gasteiger partial charge on any atom is -0.465 e. The van der Waals surface area contributed by atoms with Gasteiger partial charge in [0.05, 0.1) is 5.88 Å². The van der Waals surface area contributed by atoms with Gasteiger partial charge in [-0.15, -0.1) is 11.6 Å². The maximum atomic E-state index is 12.8. The van der Waals surface area contributed by atoms with Crippen molar-refractivity contribution < 1.29 is 12.8 Å². The third-order valence-electron chi connectivity index (χ3n) is 3.77. The average Bonchev–Trinajstić information content (AvgIpc) is 2.64. The minimum atomic E-state index is -3.51. The van der Waals surface area contributed by atoms with Gasteiger partial charge in [-0.3, -0.25) is 0 Å². The highest BCUT2D eigenvalue weighted by atomic mass is 35.5. The SMILES string of the molecule is Cc1oc(C)c(S(=O)(=O)N2CCCCC2C)c1CCl. The predicted octanol–water partition coefficient (Wildman–Crippen LogP) is 3.20. The van der Waals surface area contributed by atoms with Gasteiger partial charge in [-0.1, -0.05) is 6.42 Å². The minimum absolute atomic E-state index is 0.0385. The van der Waals surface area contributed by atoms with E-state index in [4.69, 9.17) is 16.0 Å². The quantitative estimate of drug-likeness (QED) is 0.806. The van der Waals surface area contributed by atoms with Crippen molar-refractivity contribution in [2.75, 3.05) is 6.54 Å². The summed E-state index contributed by atoms with van der Waals surface area (Å²) in [7, 11) is -3.51. The van der Waals surface area contributed by atoms with E-state index in [1.807, 2.05) is 6.92 Å². The van der Waals surface area contributed by atoms with Gasteiger partial charge in [0, 0.05) is 18.2 Å². The summed E-state index contributed by atoms with van der Waals surface area (Å²) in [5.41, 5.74) is 0.594. The van der Waals surface area contributed by atoms with Crippen molar-refractivity contribution in [2.45, 2.75) is 56.9 Å². The van der Waals surface area contributed by atoms with Crippen molar-refractivity contribution in [2.24, 2.45) is 0 Å². The Labute approximate surface area is 119 Å². The Balaban J connectivity index is 2.50. The third kappa shape index (κ3) is 2.56. The van der Waals surface area contributed by atoms with Crippen molar-refractivity contribution >= 4 is 21.6 Å². The molecule has 1 atom stereocenters. The molecule has 108 valence electrons. The second-order valence-electron chi connectivity index (χ2n) is 5.12. The number of furan rings is 1. The molecule has 0 spiro atoms. The summed E-state index contributed by atoms with van der Waals surface area (Å²) in [4.78, 5) is 0.272. The first-order chi connectivity index (χ1) is 8.89. The number of piperidine rings is 1. The van der Waals surface area contributed by atoms with Crippen molar-refractivity contribution in [3.05, 3.63) is 17.1 Å². The van der Waals surface area contributed by atoms with Crippen molar-refractivity contribution in [1.82, 2.24) is 4.31 Å². The summed E-state index contributed by atoms with van der Waals surface area (Å²) in [6, 6.07) is 0.0385. The van der Waals surface area contributed by atoms with Crippen LogP contribution >= 0.6 is 11.6 Å². The van der Waals surface area contributed by atoms with E-state index in [9.17, 15) is 8.42 Å². The summed E-state index contributed by atoms with van der Waals surface area (Å²) < 4.78 is 32.7. The van der Waals surface area contributed by atoms with Gasteiger partial charge in [0.15, 0.2) is 0 Å². The number of hydrogen-bond acceptors (Lipinski definition) is 3. The maximum Gasteiger partial charge on any atom is 0.247 e. The van der Waals surface area contributed by atoms with Crippen LogP contribution < -0.4 is 0 Å². The van der Waals surface area contributed by atoms with Gasteiger partial charge >= 0.3 is 0 Å². The highest BCUT2D eigenvalue weighted by molar-refractivity contribution is 7.89. The monoisotopic (exact) mass is 305 g/mol. The number of nitrogens with zero attached hydrogens (tertiary/aromatic N) is 1. The number of alkyl halides is 1. The summed E-state index contributed by atoms with van der Waals surface area (Å²) in [6.07, 6.45) is 2.90. The van der Waals surface area contributed by atoms with Crippen LogP contribution in [0.3, 0.4) is 0 Å². The number of aryl methyl sites for hydroxylation is 2. The molecule has 1 saturated heterocycles. The van der Waals surface area contributed by atoms with Crippen molar-refractivity contribution in [3.8, 4) is 0 Å². The lowest BCUT2D eigenvalue weighted by Gasteiger charge is -2.32. The first kappa shape index (κ1) is 14.9. The van der Waals surface area contributed by atoms with E-state index in [1.54, 1.807) is 18.2 Å². The fraction of sp³-hybridized carbons (Fsp3) is 0.692. The normalized spacial score (nSPS) is 21.8.